The average Bonchev–Trinajstić information content (AvgIpc) is 3.26. The molecule has 0 radical (unpaired) electrons. The molecule has 12 heteroatoms. The summed E-state index contributed by atoms with van der Waals surface area (Å²) in [6.45, 7) is 4.04. The zero-order chi connectivity index (χ0) is 48.8. The van der Waals surface area contributed by atoms with Crippen LogP contribution in [-0.4, -0.2) is 97.3 Å². The molecule has 0 saturated carbocycles. The molecule has 11 nitrogen and oxygen atoms in total. The van der Waals surface area contributed by atoms with Crippen molar-refractivity contribution in [1.29, 1.82) is 0 Å². The number of hydrogen-bond acceptors (Lipinski definition) is 9. The summed E-state index contributed by atoms with van der Waals surface area (Å²) in [6.07, 6.45) is 50.4. The van der Waals surface area contributed by atoms with Crippen LogP contribution in [0.1, 0.15) is 194 Å². The van der Waals surface area contributed by atoms with Gasteiger partial charge in [0.05, 0.1) is 40.0 Å². The Kier molecular flexibility index (Phi) is 43.1. The number of rotatable bonds is 46. The Hall–Kier alpha value is -2.63. The van der Waals surface area contributed by atoms with Crippen molar-refractivity contribution in [3.63, 3.8) is 0 Å². The van der Waals surface area contributed by atoms with E-state index in [1.807, 2.05) is 57.6 Å². The van der Waals surface area contributed by atoms with Gasteiger partial charge in [-0.2, -0.15) is 0 Å². The lowest BCUT2D eigenvalue weighted by Crippen LogP contribution is -2.37. The van der Waals surface area contributed by atoms with Crippen LogP contribution in [0.25, 0.3) is 0 Å². The van der Waals surface area contributed by atoms with Crippen molar-refractivity contribution in [1.82, 2.24) is 0 Å². The van der Waals surface area contributed by atoms with Crippen LogP contribution in [0.4, 0.5) is 0 Å². The highest BCUT2D eigenvalue weighted by atomic mass is 31.2. The molecule has 0 aliphatic rings. The van der Waals surface area contributed by atoms with Crippen LogP contribution in [0.15, 0.2) is 72.9 Å². The number of carbonyl (C=O) groups is 2. The highest BCUT2D eigenvalue weighted by Gasteiger charge is 2.27. The summed E-state index contributed by atoms with van der Waals surface area (Å²) in [7, 11) is 1.36. The van der Waals surface area contributed by atoms with Crippen molar-refractivity contribution in [2.45, 2.75) is 212 Å². The molecule has 0 spiro atoms. The molecule has 0 aromatic carbocycles. The van der Waals surface area contributed by atoms with Crippen LogP contribution < -0.4 is 0 Å². The van der Waals surface area contributed by atoms with Gasteiger partial charge in [-0.1, -0.05) is 215 Å². The van der Waals surface area contributed by atoms with Gasteiger partial charge in [0.2, 0.25) is 0 Å². The number of hydrogen-bond donors (Lipinski definition) is 3. The van der Waals surface area contributed by atoms with Crippen LogP contribution in [0.3, 0.4) is 0 Å². The molecule has 0 rings (SSSR count). The molecule has 0 aromatic rings. The molecule has 1 unspecified atom stereocenters. The van der Waals surface area contributed by atoms with E-state index >= 15 is 0 Å². The summed E-state index contributed by atoms with van der Waals surface area (Å²) in [5.74, 6) is -0.963. The molecule has 0 aliphatic heterocycles. The minimum Gasteiger partial charge on any atom is -0.462 e. The molecule has 3 N–H and O–H groups in total. The quantitative estimate of drug-likeness (QED) is 0.0134. The van der Waals surface area contributed by atoms with Crippen LogP contribution in [0.5, 0.6) is 0 Å². The normalized spacial score (nSPS) is 15.0. The van der Waals surface area contributed by atoms with E-state index < -0.39 is 44.7 Å². The molecule has 382 valence electrons. The first-order valence-electron chi connectivity index (χ1n) is 25.9. The van der Waals surface area contributed by atoms with Crippen LogP contribution in [-0.2, 0) is 32.7 Å². The zero-order valence-electron chi connectivity index (χ0n) is 42.4. The lowest BCUT2D eigenvalue weighted by Gasteiger charge is -2.24. The van der Waals surface area contributed by atoms with Gasteiger partial charge in [-0.05, 0) is 38.5 Å². The van der Waals surface area contributed by atoms with Gasteiger partial charge >= 0.3 is 19.8 Å². The largest absolute Gasteiger partial charge is 0.472 e. The molecule has 0 heterocycles. The van der Waals surface area contributed by atoms with Gasteiger partial charge in [0, 0.05) is 12.8 Å². The number of nitrogens with zero attached hydrogens (tertiary/aromatic N) is 1. The Morgan fingerprint density at radius 3 is 1.52 bits per heavy atom. The first-order valence-corrected chi connectivity index (χ1v) is 27.4. The second-order valence-corrected chi connectivity index (χ2v) is 20.0. The lowest BCUT2D eigenvalue weighted by atomic mass is 10.0. The molecule has 0 bridgehead atoms. The standard InChI is InChI=1S/C54H96NO10P/c1-6-8-10-11-12-13-14-15-16-17-18-19-20-21-22-23-24-25-26-30-38-44-53(58)62-48-52(49-64-66(60,61)63-47-46-55(3,4)5)65-54(59)45-39-31-28-27-29-35-41-51(57)43-37-33-32-36-42-50(56)40-34-9-7-2/h9,28-29,31-37,42-43,50-52,56-57H,6-8,10-27,30,38-41,44-49H2,1-5H3/p+1/b31-28-,33-32-,34-9-,35-29-,42-36+,43-37+/t50-,51+,52+/m0/s1. The van der Waals surface area contributed by atoms with Gasteiger partial charge in [-0.15, -0.1) is 0 Å². The number of quaternary nitrogens is 1. The smallest absolute Gasteiger partial charge is 0.462 e. The fourth-order valence-electron chi connectivity index (χ4n) is 6.86. The molecule has 0 aromatic heterocycles. The summed E-state index contributed by atoms with van der Waals surface area (Å²) >= 11 is 0. The molecule has 4 atom stereocenters. The van der Waals surface area contributed by atoms with Gasteiger partial charge in [0.15, 0.2) is 6.10 Å². The van der Waals surface area contributed by atoms with E-state index in [0.29, 0.717) is 43.1 Å². The first kappa shape index (κ1) is 63.4. The number of unbranched alkanes of at least 4 members (excludes halogenated alkanes) is 20. The first-order chi connectivity index (χ1) is 31.8. The molecule has 0 aliphatic carbocycles. The number of carbonyl (C=O) groups excluding carboxylic acids is 2. The Morgan fingerprint density at radius 1 is 0.561 bits per heavy atom. The van der Waals surface area contributed by atoms with Crippen molar-refractivity contribution >= 4 is 19.8 Å². The lowest BCUT2D eigenvalue weighted by molar-refractivity contribution is -0.870. The van der Waals surface area contributed by atoms with E-state index in [1.165, 1.54) is 116 Å². The fraction of sp³-hybridized carbons (Fsp3) is 0.741. The Balaban J connectivity index is 4.44. The maximum Gasteiger partial charge on any atom is 0.472 e. The second-order valence-electron chi connectivity index (χ2n) is 18.6. The topological polar surface area (TPSA) is 149 Å². The molecule has 0 fully saturated rings. The summed E-state index contributed by atoms with van der Waals surface area (Å²) in [5, 5.41) is 20.0. The minimum atomic E-state index is -4.43. The van der Waals surface area contributed by atoms with Crippen LogP contribution >= 0.6 is 7.82 Å². The van der Waals surface area contributed by atoms with E-state index in [4.69, 9.17) is 18.5 Å². The highest BCUT2D eigenvalue weighted by Crippen LogP contribution is 2.43. The van der Waals surface area contributed by atoms with Crippen LogP contribution in [0.2, 0.25) is 0 Å². The number of ether oxygens (including phenoxy) is 2. The van der Waals surface area contributed by atoms with Crippen molar-refractivity contribution in [3.05, 3.63) is 72.9 Å². The Bertz CT molecular complexity index is 1380. The maximum atomic E-state index is 12.7. The van der Waals surface area contributed by atoms with Crippen LogP contribution in [0, 0.1) is 0 Å². The highest BCUT2D eigenvalue weighted by molar-refractivity contribution is 7.47. The minimum absolute atomic E-state index is 0.00399. The maximum absolute atomic E-state index is 12.7. The number of likely N-dealkylation sites (N-methyl/N-ethyl adjacent to an activating group) is 1. The fourth-order valence-corrected chi connectivity index (χ4v) is 7.60. The summed E-state index contributed by atoms with van der Waals surface area (Å²) < 4.78 is 34.3. The summed E-state index contributed by atoms with van der Waals surface area (Å²) in [5.41, 5.74) is 0. The van der Waals surface area contributed by atoms with Gasteiger partial charge in [-0.3, -0.25) is 18.6 Å². The third-order valence-electron chi connectivity index (χ3n) is 10.9. The number of esters is 2. The van der Waals surface area contributed by atoms with Gasteiger partial charge in [0.1, 0.15) is 19.8 Å². The molecular weight excluding hydrogens is 854 g/mol. The third kappa shape index (κ3) is 47.8. The van der Waals surface area contributed by atoms with E-state index in [1.54, 1.807) is 36.5 Å². The average molecular weight is 951 g/mol. The number of phosphoric acid groups is 1. The van der Waals surface area contributed by atoms with E-state index in [9.17, 15) is 29.3 Å². The molecule has 0 saturated heterocycles. The SMILES string of the molecule is CC/C=C\C[C@H](O)/C=C/C=C\C=C\[C@H](O)C/C=C\C/C=C\CCC(=O)O[C@H](COC(=O)CCCCCCCCCCCCCCCCCCCCCCC)COP(=O)(O)OCC[N+](C)(C)C. The summed E-state index contributed by atoms with van der Waals surface area (Å²) in [6, 6.07) is 0. The van der Waals surface area contributed by atoms with Crippen molar-refractivity contribution < 1.29 is 52.3 Å². The van der Waals surface area contributed by atoms with E-state index in [-0.39, 0.29) is 26.1 Å². The van der Waals surface area contributed by atoms with Crippen molar-refractivity contribution in [2.75, 3.05) is 47.5 Å². The van der Waals surface area contributed by atoms with E-state index in [0.717, 1.165) is 19.3 Å². The number of aliphatic hydroxyl groups excluding tert-OH is 2. The van der Waals surface area contributed by atoms with E-state index in [2.05, 4.69) is 13.8 Å². The Labute approximate surface area is 403 Å². The van der Waals surface area contributed by atoms with Gasteiger partial charge in [0.25, 0.3) is 0 Å². The third-order valence-corrected chi connectivity index (χ3v) is 11.9. The van der Waals surface area contributed by atoms with Crippen molar-refractivity contribution in [3.8, 4) is 0 Å². The Morgan fingerprint density at radius 2 is 1.03 bits per heavy atom. The monoisotopic (exact) mass is 951 g/mol. The zero-order valence-corrected chi connectivity index (χ0v) is 43.3. The molecule has 66 heavy (non-hydrogen) atoms. The molecular formula is C54H97NO10P+. The number of aliphatic hydroxyl groups is 2. The number of allylic oxidation sites excluding steroid dienone is 8. The number of phosphoric ester groups is 1. The van der Waals surface area contributed by atoms with Crippen molar-refractivity contribution in [2.24, 2.45) is 0 Å². The predicted molar refractivity (Wildman–Crippen MR) is 273 cm³/mol. The molecule has 0 amide bonds. The second kappa shape index (κ2) is 44.9. The van der Waals surface area contributed by atoms with Gasteiger partial charge < -0.3 is 29.1 Å². The van der Waals surface area contributed by atoms with Gasteiger partial charge in [-0.25, -0.2) is 4.57 Å². The predicted octanol–water partition coefficient (Wildman–Crippen LogP) is 13.3. The summed E-state index contributed by atoms with van der Waals surface area (Å²) in [4.78, 5) is 35.5.